The first-order valence-electron chi connectivity index (χ1n) is 7.25. The van der Waals surface area contributed by atoms with Crippen molar-refractivity contribution in [2.24, 2.45) is 0 Å². The van der Waals surface area contributed by atoms with E-state index in [0.29, 0.717) is 11.5 Å². The maximum absolute atomic E-state index is 12.4. The zero-order chi connectivity index (χ0) is 16.5. The van der Waals surface area contributed by atoms with E-state index < -0.39 is 0 Å². The van der Waals surface area contributed by atoms with Gasteiger partial charge in [0.05, 0.1) is 10.4 Å². The first-order valence-corrected chi connectivity index (χ1v) is 8.13. The molecule has 0 bridgehead atoms. The Kier molecular flexibility index (Phi) is 3.55. The minimum Gasteiger partial charge on any atom is -0.402 e. The van der Waals surface area contributed by atoms with Gasteiger partial charge in [-0.3, -0.25) is 15.1 Å². The van der Waals surface area contributed by atoms with Gasteiger partial charge in [0.25, 0.3) is 11.8 Å². The van der Waals surface area contributed by atoms with Crippen LogP contribution in [-0.4, -0.2) is 21.1 Å². The van der Waals surface area contributed by atoms with Crippen LogP contribution in [0.2, 0.25) is 0 Å². The van der Waals surface area contributed by atoms with E-state index in [-0.39, 0.29) is 11.9 Å². The number of hydrogen-bond donors (Lipinski definition) is 1. The summed E-state index contributed by atoms with van der Waals surface area (Å²) in [5, 5.41) is 13.2. The Morgan fingerprint density at radius 2 is 2.08 bits per heavy atom. The molecule has 1 amide bonds. The number of carbonyl (C=O) groups is 1. The molecular weight excluding hydrogens is 324 g/mol. The van der Waals surface area contributed by atoms with Gasteiger partial charge in [-0.25, -0.2) is 0 Å². The van der Waals surface area contributed by atoms with E-state index in [1.807, 2.05) is 42.6 Å². The number of amides is 1. The fourth-order valence-electron chi connectivity index (χ4n) is 2.31. The van der Waals surface area contributed by atoms with Gasteiger partial charge in [-0.15, -0.1) is 16.4 Å². The maximum Gasteiger partial charge on any atom is 0.322 e. The highest BCUT2D eigenvalue weighted by atomic mass is 32.1. The minimum absolute atomic E-state index is 0.0746. The smallest absolute Gasteiger partial charge is 0.322 e. The Bertz CT molecular complexity index is 1020. The van der Waals surface area contributed by atoms with Gasteiger partial charge in [-0.1, -0.05) is 17.2 Å². The normalized spacial score (nSPS) is 10.9. The summed E-state index contributed by atoms with van der Waals surface area (Å²) in [6.07, 6.45) is 0. The third-order valence-electron chi connectivity index (χ3n) is 3.47. The molecular formula is C17H12N4O2S. The lowest BCUT2D eigenvalue weighted by molar-refractivity contribution is 0.102. The molecule has 0 aliphatic carbocycles. The molecule has 24 heavy (non-hydrogen) atoms. The van der Waals surface area contributed by atoms with Crippen molar-refractivity contribution in [3.05, 3.63) is 59.1 Å². The fourth-order valence-corrected chi connectivity index (χ4v) is 2.96. The summed E-state index contributed by atoms with van der Waals surface area (Å²) in [5.41, 5.74) is 2.29. The molecule has 1 N–H and O–H groups in total. The van der Waals surface area contributed by atoms with Crippen molar-refractivity contribution in [2.45, 2.75) is 6.92 Å². The molecule has 0 aliphatic rings. The summed E-state index contributed by atoms with van der Waals surface area (Å²) in [4.78, 5) is 17.6. The van der Waals surface area contributed by atoms with E-state index in [1.54, 1.807) is 12.1 Å². The molecule has 6 nitrogen and oxygen atoms in total. The monoisotopic (exact) mass is 336 g/mol. The van der Waals surface area contributed by atoms with Crippen LogP contribution in [0.1, 0.15) is 16.1 Å². The molecule has 0 spiro atoms. The average Bonchev–Trinajstić information content (AvgIpc) is 3.25. The van der Waals surface area contributed by atoms with Crippen molar-refractivity contribution >= 4 is 34.2 Å². The quantitative estimate of drug-likeness (QED) is 0.613. The summed E-state index contributed by atoms with van der Waals surface area (Å²) in [5.74, 6) is 0.0809. The number of nitrogens with one attached hydrogen (secondary N) is 1. The molecule has 0 radical (unpaired) electrons. The molecule has 0 unspecified atom stereocenters. The summed E-state index contributed by atoms with van der Waals surface area (Å²) in [6.45, 7) is 1.93. The summed E-state index contributed by atoms with van der Waals surface area (Å²) >= 11 is 1.49. The van der Waals surface area contributed by atoms with E-state index in [4.69, 9.17) is 4.42 Å². The highest BCUT2D eigenvalue weighted by molar-refractivity contribution is 7.13. The second kappa shape index (κ2) is 5.86. The molecule has 0 saturated heterocycles. The predicted molar refractivity (Wildman–Crippen MR) is 92.0 cm³/mol. The third kappa shape index (κ3) is 2.77. The Labute approximate surface area is 141 Å². The number of nitrogens with zero attached hydrogens (tertiary/aromatic N) is 3. The van der Waals surface area contributed by atoms with Gasteiger partial charge in [0.2, 0.25) is 0 Å². The van der Waals surface area contributed by atoms with Gasteiger partial charge in [-0.05, 0) is 42.6 Å². The standard InChI is InChI=1S/C17H12N4O2S/c1-10-4-5-11-9-12(6-7-13(11)18-10)15(22)19-17-21-20-16(23-17)14-3-2-8-24-14/h2-9H,1H3,(H,19,21,22). The molecule has 0 aliphatic heterocycles. The summed E-state index contributed by atoms with van der Waals surface area (Å²) < 4.78 is 5.47. The number of anilines is 1. The SMILES string of the molecule is Cc1ccc2cc(C(=O)Nc3nnc(-c4cccs4)o3)ccc2n1. The molecule has 7 heteroatoms. The number of rotatable bonds is 3. The highest BCUT2D eigenvalue weighted by Gasteiger charge is 2.13. The minimum atomic E-state index is -0.307. The molecule has 0 atom stereocenters. The molecule has 0 saturated carbocycles. The molecule has 3 heterocycles. The van der Waals surface area contributed by atoms with E-state index in [9.17, 15) is 4.79 Å². The number of pyridine rings is 1. The van der Waals surface area contributed by atoms with E-state index in [0.717, 1.165) is 21.5 Å². The van der Waals surface area contributed by atoms with E-state index in [2.05, 4.69) is 20.5 Å². The van der Waals surface area contributed by atoms with Crippen molar-refractivity contribution in [3.63, 3.8) is 0 Å². The number of fused-ring (bicyclic) bond motifs is 1. The molecule has 4 aromatic rings. The molecule has 1 aromatic carbocycles. The van der Waals surface area contributed by atoms with E-state index >= 15 is 0 Å². The van der Waals surface area contributed by atoms with Crippen molar-refractivity contribution in [2.75, 3.05) is 5.32 Å². The predicted octanol–water partition coefficient (Wildman–Crippen LogP) is 3.91. The fraction of sp³-hybridized carbons (Fsp3) is 0.0588. The Morgan fingerprint density at radius 1 is 1.17 bits per heavy atom. The molecule has 3 aromatic heterocycles. The Morgan fingerprint density at radius 3 is 2.92 bits per heavy atom. The number of aromatic nitrogens is 3. The molecule has 118 valence electrons. The van der Waals surface area contributed by atoms with Gasteiger partial charge in [0, 0.05) is 16.6 Å². The zero-order valence-corrected chi connectivity index (χ0v) is 13.5. The van der Waals surface area contributed by atoms with Crippen LogP contribution in [0.15, 0.2) is 52.3 Å². The van der Waals surface area contributed by atoms with Crippen LogP contribution in [-0.2, 0) is 0 Å². The van der Waals surface area contributed by atoms with Crippen molar-refractivity contribution < 1.29 is 9.21 Å². The lowest BCUT2D eigenvalue weighted by atomic mass is 10.1. The van der Waals surface area contributed by atoms with Crippen LogP contribution < -0.4 is 5.32 Å². The molecule has 4 rings (SSSR count). The first-order chi connectivity index (χ1) is 11.7. The van der Waals surface area contributed by atoms with E-state index in [1.165, 1.54) is 11.3 Å². The number of hydrogen-bond acceptors (Lipinski definition) is 6. The number of aryl methyl sites for hydroxylation is 1. The third-order valence-corrected chi connectivity index (χ3v) is 4.33. The van der Waals surface area contributed by atoms with Crippen LogP contribution in [0.3, 0.4) is 0 Å². The molecule has 0 fully saturated rings. The number of thiophene rings is 1. The lowest BCUT2D eigenvalue weighted by Crippen LogP contribution is -2.12. The van der Waals surface area contributed by atoms with Gasteiger partial charge < -0.3 is 4.42 Å². The largest absolute Gasteiger partial charge is 0.402 e. The zero-order valence-electron chi connectivity index (χ0n) is 12.7. The Hall–Kier alpha value is -3.06. The number of carbonyl (C=O) groups excluding carboxylic acids is 1. The van der Waals surface area contributed by atoms with Crippen LogP contribution >= 0.6 is 11.3 Å². The number of benzene rings is 1. The van der Waals surface area contributed by atoms with Crippen LogP contribution in [0.25, 0.3) is 21.7 Å². The maximum atomic E-state index is 12.4. The van der Waals surface area contributed by atoms with Gasteiger partial charge in [-0.2, -0.15) is 0 Å². The lowest BCUT2D eigenvalue weighted by Gasteiger charge is -2.03. The van der Waals surface area contributed by atoms with Crippen LogP contribution in [0, 0.1) is 6.92 Å². The van der Waals surface area contributed by atoms with Gasteiger partial charge in [0.1, 0.15) is 0 Å². The van der Waals surface area contributed by atoms with Crippen molar-refractivity contribution in [1.29, 1.82) is 0 Å². The second-order valence-corrected chi connectivity index (χ2v) is 6.15. The average molecular weight is 336 g/mol. The van der Waals surface area contributed by atoms with Crippen molar-refractivity contribution in [3.8, 4) is 10.8 Å². The highest BCUT2D eigenvalue weighted by Crippen LogP contribution is 2.24. The summed E-state index contributed by atoms with van der Waals surface area (Å²) in [7, 11) is 0. The first kappa shape index (κ1) is 14.5. The topological polar surface area (TPSA) is 80.9 Å². The second-order valence-electron chi connectivity index (χ2n) is 5.20. The Balaban J connectivity index is 1.57. The van der Waals surface area contributed by atoms with Crippen LogP contribution in [0.4, 0.5) is 6.01 Å². The van der Waals surface area contributed by atoms with Crippen molar-refractivity contribution in [1.82, 2.24) is 15.2 Å². The van der Waals surface area contributed by atoms with Gasteiger partial charge >= 0.3 is 6.01 Å². The van der Waals surface area contributed by atoms with Crippen LogP contribution in [0.5, 0.6) is 0 Å². The van der Waals surface area contributed by atoms with Gasteiger partial charge in [0.15, 0.2) is 0 Å². The summed E-state index contributed by atoms with van der Waals surface area (Å²) in [6, 6.07) is 13.0.